The Balaban J connectivity index is 1.66. The topological polar surface area (TPSA) is 76.4 Å². The number of benzene rings is 2. The molecule has 33 heavy (non-hydrogen) atoms. The van der Waals surface area contributed by atoms with Crippen molar-refractivity contribution in [2.45, 2.75) is 39.5 Å². The molecule has 176 valence electrons. The highest BCUT2D eigenvalue weighted by atomic mass is 19.4. The third-order valence-corrected chi connectivity index (χ3v) is 5.06. The number of alkyl halides is 3. The van der Waals surface area contributed by atoms with Crippen molar-refractivity contribution in [3.8, 4) is 5.75 Å². The fourth-order valence-electron chi connectivity index (χ4n) is 3.35. The molecule has 1 aromatic heterocycles. The normalized spacial score (nSPS) is 12.4. The van der Waals surface area contributed by atoms with Crippen LogP contribution < -0.4 is 15.4 Å². The van der Waals surface area contributed by atoms with Crippen molar-refractivity contribution in [3.63, 3.8) is 0 Å². The molecule has 0 aliphatic rings. The molecule has 2 N–H and O–H groups in total. The van der Waals surface area contributed by atoms with Gasteiger partial charge in [-0.3, -0.25) is 4.79 Å². The number of aryl methyl sites for hydroxylation is 3. The van der Waals surface area contributed by atoms with E-state index in [0.717, 1.165) is 16.7 Å². The van der Waals surface area contributed by atoms with Gasteiger partial charge in [0.1, 0.15) is 11.5 Å². The Hall–Kier alpha value is -3.33. The van der Waals surface area contributed by atoms with Gasteiger partial charge in [-0.15, -0.1) is 0 Å². The van der Waals surface area contributed by atoms with E-state index < -0.39 is 12.8 Å². The average Bonchev–Trinajstić information content (AvgIpc) is 3.20. The molecule has 0 radical (unpaired) electrons. The van der Waals surface area contributed by atoms with Crippen LogP contribution >= 0.6 is 0 Å². The molecule has 3 aromatic rings. The molecule has 0 spiro atoms. The number of carbonyl (C=O) groups excluding carboxylic acids is 1. The second-order valence-electron chi connectivity index (χ2n) is 7.84. The minimum Gasteiger partial charge on any atom is -0.484 e. The lowest BCUT2D eigenvalue weighted by Crippen LogP contribution is -2.35. The first kappa shape index (κ1) is 24.3. The number of aromatic nitrogens is 1. The summed E-state index contributed by atoms with van der Waals surface area (Å²) in [4.78, 5) is 12.6. The van der Waals surface area contributed by atoms with Gasteiger partial charge < -0.3 is 19.9 Å². The van der Waals surface area contributed by atoms with Gasteiger partial charge in [0, 0.05) is 19.2 Å². The molecule has 0 aliphatic heterocycles. The number of rotatable bonds is 9. The standard InChI is InChI=1S/C24H26F3N3O3/c1-15-10-22(32-14-24(25,26)27)16(2)9-19(15)12-28-13-21(18-7-5-4-6-8-18)29-23(31)20-11-17(3)33-30-20/h4-11,21,28H,12-14H2,1-3H3,(H,29,31). The van der Waals surface area contributed by atoms with Crippen molar-refractivity contribution in [1.82, 2.24) is 15.8 Å². The maximum Gasteiger partial charge on any atom is 0.422 e. The molecule has 2 aromatic carbocycles. The fourth-order valence-corrected chi connectivity index (χ4v) is 3.35. The van der Waals surface area contributed by atoms with Crippen molar-refractivity contribution in [1.29, 1.82) is 0 Å². The molecule has 0 fully saturated rings. The zero-order valence-corrected chi connectivity index (χ0v) is 18.6. The largest absolute Gasteiger partial charge is 0.484 e. The zero-order valence-electron chi connectivity index (χ0n) is 18.6. The van der Waals surface area contributed by atoms with E-state index in [1.807, 2.05) is 43.3 Å². The van der Waals surface area contributed by atoms with Gasteiger partial charge in [0.15, 0.2) is 12.3 Å². The second kappa shape index (κ2) is 10.5. The monoisotopic (exact) mass is 461 g/mol. The lowest BCUT2D eigenvalue weighted by atomic mass is 10.0. The molecule has 1 atom stereocenters. The number of hydrogen-bond acceptors (Lipinski definition) is 5. The number of nitrogens with zero attached hydrogens (tertiary/aromatic N) is 1. The van der Waals surface area contributed by atoms with Crippen LogP contribution in [-0.4, -0.2) is 30.4 Å². The van der Waals surface area contributed by atoms with Gasteiger partial charge in [0.2, 0.25) is 0 Å². The highest BCUT2D eigenvalue weighted by Gasteiger charge is 2.28. The quantitative estimate of drug-likeness (QED) is 0.479. The molecule has 0 saturated carbocycles. The van der Waals surface area contributed by atoms with Crippen molar-refractivity contribution in [2.75, 3.05) is 13.2 Å². The molecular weight excluding hydrogens is 435 g/mol. The summed E-state index contributed by atoms with van der Waals surface area (Å²) in [7, 11) is 0. The van der Waals surface area contributed by atoms with Crippen molar-refractivity contribution < 1.29 is 27.2 Å². The van der Waals surface area contributed by atoms with E-state index in [-0.39, 0.29) is 23.4 Å². The van der Waals surface area contributed by atoms with E-state index in [1.54, 1.807) is 26.0 Å². The van der Waals surface area contributed by atoms with E-state index in [9.17, 15) is 18.0 Å². The Labute approximate surface area is 190 Å². The lowest BCUT2D eigenvalue weighted by Gasteiger charge is -2.20. The van der Waals surface area contributed by atoms with Crippen LogP contribution in [-0.2, 0) is 6.54 Å². The first-order valence-electron chi connectivity index (χ1n) is 10.4. The van der Waals surface area contributed by atoms with E-state index in [4.69, 9.17) is 9.26 Å². The van der Waals surface area contributed by atoms with Crippen molar-refractivity contribution >= 4 is 5.91 Å². The highest BCUT2D eigenvalue weighted by Crippen LogP contribution is 2.25. The minimum atomic E-state index is -4.39. The average molecular weight is 461 g/mol. The van der Waals surface area contributed by atoms with Crippen LogP contribution in [0.4, 0.5) is 13.2 Å². The van der Waals surface area contributed by atoms with Gasteiger partial charge >= 0.3 is 6.18 Å². The predicted octanol–water partition coefficient (Wildman–Crippen LogP) is 4.80. The van der Waals surface area contributed by atoms with Crippen LogP contribution in [0.15, 0.2) is 53.1 Å². The number of ether oxygens (including phenoxy) is 1. The number of carbonyl (C=O) groups is 1. The maximum atomic E-state index is 12.6. The number of halogens is 3. The summed E-state index contributed by atoms with van der Waals surface area (Å²) in [5.41, 5.74) is 3.48. The van der Waals surface area contributed by atoms with E-state index in [0.29, 0.717) is 24.4 Å². The lowest BCUT2D eigenvalue weighted by molar-refractivity contribution is -0.153. The smallest absolute Gasteiger partial charge is 0.422 e. The van der Waals surface area contributed by atoms with E-state index >= 15 is 0 Å². The summed E-state index contributed by atoms with van der Waals surface area (Å²) in [6.07, 6.45) is -4.39. The van der Waals surface area contributed by atoms with Gasteiger partial charge in [-0.1, -0.05) is 41.6 Å². The Kier molecular flexibility index (Phi) is 7.75. The molecular formula is C24H26F3N3O3. The Morgan fingerprint density at radius 3 is 2.45 bits per heavy atom. The van der Waals surface area contributed by atoms with Crippen molar-refractivity contribution in [3.05, 3.63) is 82.2 Å². The minimum absolute atomic E-state index is 0.203. The second-order valence-corrected chi connectivity index (χ2v) is 7.84. The van der Waals surface area contributed by atoms with Gasteiger partial charge in [-0.2, -0.15) is 13.2 Å². The summed E-state index contributed by atoms with van der Waals surface area (Å²) in [6.45, 7) is 4.81. The molecule has 9 heteroatoms. The van der Waals surface area contributed by atoms with E-state index in [1.165, 1.54) is 0 Å². The van der Waals surface area contributed by atoms with Gasteiger partial charge in [0.25, 0.3) is 5.91 Å². The summed E-state index contributed by atoms with van der Waals surface area (Å²) < 4.78 is 47.3. The van der Waals surface area contributed by atoms with Gasteiger partial charge in [-0.25, -0.2) is 0 Å². The molecule has 1 heterocycles. The number of nitrogens with one attached hydrogen (secondary N) is 2. The Morgan fingerprint density at radius 1 is 1.09 bits per heavy atom. The van der Waals surface area contributed by atoms with Crippen LogP contribution in [0.2, 0.25) is 0 Å². The van der Waals surface area contributed by atoms with Crippen LogP contribution in [0.25, 0.3) is 0 Å². The first-order valence-corrected chi connectivity index (χ1v) is 10.4. The Bertz CT molecular complexity index is 1080. The maximum absolute atomic E-state index is 12.6. The zero-order chi connectivity index (χ0) is 24.0. The van der Waals surface area contributed by atoms with Crippen LogP contribution in [0.3, 0.4) is 0 Å². The molecule has 0 saturated heterocycles. The molecule has 6 nitrogen and oxygen atoms in total. The number of hydrogen-bond donors (Lipinski definition) is 2. The third kappa shape index (κ3) is 7.08. The predicted molar refractivity (Wildman–Crippen MR) is 117 cm³/mol. The molecule has 1 unspecified atom stereocenters. The summed E-state index contributed by atoms with van der Waals surface area (Å²) in [5.74, 6) is 0.412. The van der Waals surface area contributed by atoms with E-state index in [2.05, 4.69) is 15.8 Å². The van der Waals surface area contributed by atoms with Gasteiger partial charge in [0.05, 0.1) is 6.04 Å². The van der Waals surface area contributed by atoms with Gasteiger partial charge in [-0.05, 0) is 49.1 Å². The van der Waals surface area contributed by atoms with Crippen LogP contribution in [0, 0.1) is 20.8 Å². The number of amides is 1. The third-order valence-electron chi connectivity index (χ3n) is 5.06. The summed E-state index contributed by atoms with van der Waals surface area (Å²) >= 11 is 0. The van der Waals surface area contributed by atoms with Crippen LogP contribution in [0.1, 0.15) is 44.5 Å². The Morgan fingerprint density at radius 2 is 1.82 bits per heavy atom. The van der Waals surface area contributed by atoms with Crippen LogP contribution in [0.5, 0.6) is 5.75 Å². The summed E-state index contributed by atoms with van der Waals surface area (Å²) in [6, 6.07) is 14.2. The molecule has 1 amide bonds. The highest BCUT2D eigenvalue weighted by molar-refractivity contribution is 5.92. The molecule has 0 aliphatic carbocycles. The SMILES string of the molecule is Cc1cc(C(=O)NC(CNCc2cc(C)c(OCC(F)(F)F)cc2C)c2ccccc2)no1. The molecule has 3 rings (SSSR count). The molecule has 0 bridgehead atoms. The first-order chi connectivity index (χ1) is 15.6. The van der Waals surface area contributed by atoms with Crippen molar-refractivity contribution in [2.24, 2.45) is 0 Å². The fraction of sp³-hybridized carbons (Fsp3) is 0.333. The summed E-state index contributed by atoms with van der Waals surface area (Å²) in [5, 5.41) is 10.1.